The zero-order chi connectivity index (χ0) is 14.3. The van der Waals surface area contributed by atoms with E-state index in [-0.39, 0.29) is 18.4 Å². The van der Waals surface area contributed by atoms with E-state index in [1.807, 2.05) is 24.3 Å². The Balaban J connectivity index is 2.23. The Morgan fingerprint density at radius 3 is 2.68 bits per heavy atom. The van der Waals surface area contributed by atoms with E-state index in [0.29, 0.717) is 13.0 Å². The van der Waals surface area contributed by atoms with Gasteiger partial charge < -0.3 is 15.5 Å². The molecule has 0 heterocycles. The molecule has 0 fully saturated rings. The highest BCUT2D eigenvalue weighted by Gasteiger charge is 2.05. The minimum Gasteiger partial charge on any atom is -0.349 e. The number of nitrogens with one attached hydrogen (secondary N) is 2. The number of carbonyl (C=O) groups is 2. The van der Waals surface area contributed by atoms with Gasteiger partial charge in [0, 0.05) is 37.2 Å². The molecule has 1 aromatic carbocycles. The Bertz CT molecular complexity index is 449. The van der Waals surface area contributed by atoms with Gasteiger partial charge in [-0.05, 0) is 18.2 Å². The second-order valence-electron chi connectivity index (χ2n) is 4.27. The highest BCUT2D eigenvalue weighted by atomic mass is 79.9. The van der Waals surface area contributed by atoms with Crippen molar-refractivity contribution in [2.24, 2.45) is 0 Å². The molecule has 2 amide bonds. The summed E-state index contributed by atoms with van der Waals surface area (Å²) < 4.78 is 0.912. The first-order valence-electron chi connectivity index (χ1n) is 5.95. The second kappa shape index (κ2) is 7.91. The quantitative estimate of drug-likeness (QED) is 0.777. The van der Waals surface area contributed by atoms with Crippen LogP contribution in [0.4, 0.5) is 5.69 Å². The Kier molecular flexibility index (Phi) is 6.52. The van der Waals surface area contributed by atoms with Gasteiger partial charge in [-0.15, -0.1) is 0 Å². The molecular formula is C13H18BrN3O2. The third-order valence-corrected chi connectivity index (χ3v) is 2.90. The van der Waals surface area contributed by atoms with Gasteiger partial charge in [0.25, 0.3) is 0 Å². The lowest BCUT2D eigenvalue weighted by Crippen LogP contribution is -2.31. The number of hydrogen-bond acceptors (Lipinski definition) is 3. The number of nitrogens with zero attached hydrogens (tertiary/aromatic N) is 1. The van der Waals surface area contributed by atoms with Crippen LogP contribution < -0.4 is 10.6 Å². The van der Waals surface area contributed by atoms with Gasteiger partial charge in [0.1, 0.15) is 0 Å². The van der Waals surface area contributed by atoms with Crippen molar-refractivity contribution in [3.8, 4) is 0 Å². The van der Waals surface area contributed by atoms with E-state index in [4.69, 9.17) is 0 Å². The van der Waals surface area contributed by atoms with Crippen LogP contribution in [0.3, 0.4) is 0 Å². The molecule has 0 atom stereocenters. The standard InChI is InChI=1S/C13H18BrN3O2/c1-17(2)13(19)6-7-15-9-12(18)16-11-5-3-4-10(14)8-11/h3-5,8,15H,6-7,9H2,1-2H3,(H,16,18). The molecule has 2 N–H and O–H groups in total. The highest BCUT2D eigenvalue weighted by Crippen LogP contribution is 2.15. The van der Waals surface area contributed by atoms with Crippen molar-refractivity contribution in [1.29, 1.82) is 0 Å². The number of carbonyl (C=O) groups excluding carboxylic acids is 2. The molecule has 1 aromatic rings. The fourth-order valence-electron chi connectivity index (χ4n) is 1.39. The second-order valence-corrected chi connectivity index (χ2v) is 5.19. The maximum atomic E-state index is 11.6. The zero-order valence-electron chi connectivity index (χ0n) is 11.1. The van der Waals surface area contributed by atoms with Gasteiger partial charge >= 0.3 is 0 Å². The predicted molar refractivity (Wildman–Crippen MR) is 79.0 cm³/mol. The Morgan fingerprint density at radius 2 is 2.05 bits per heavy atom. The molecule has 19 heavy (non-hydrogen) atoms. The van der Waals surface area contributed by atoms with Crippen LogP contribution in [0, 0.1) is 0 Å². The first-order valence-corrected chi connectivity index (χ1v) is 6.74. The van der Waals surface area contributed by atoms with Crippen molar-refractivity contribution in [3.63, 3.8) is 0 Å². The fraction of sp³-hybridized carbons (Fsp3) is 0.385. The lowest BCUT2D eigenvalue weighted by Gasteiger charge is -2.10. The highest BCUT2D eigenvalue weighted by molar-refractivity contribution is 9.10. The summed E-state index contributed by atoms with van der Waals surface area (Å²) in [5.74, 6) is -0.0877. The van der Waals surface area contributed by atoms with Crippen LogP contribution in [-0.4, -0.2) is 43.9 Å². The van der Waals surface area contributed by atoms with Gasteiger partial charge in [-0.25, -0.2) is 0 Å². The summed E-state index contributed by atoms with van der Waals surface area (Å²) >= 11 is 3.34. The van der Waals surface area contributed by atoms with Crippen molar-refractivity contribution >= 4 is 33.4 Å². The molecule has 1 rings (SSSR count). The Hall–Kier alpha value is -1.40. The molecule has 0 spiro atoms. The summed E-state index contributed by atoms with van der Waals surface area (Å²) in [5.41, 5.74) is 0.741. The monoisotopic (exact) mass is 327 g/mol. The molecule has 0 aliphatic heterocycles. The van der Waals surface area contributed by atoms with Gasteiger partial charge in [0.15, 0.2) is 0 Å². The van der Waals surface area contributed by atoms with Crippen molar-refractivity contribution in [3.05, 3.63) is 28.7 Å². The molecule has 0 aliphatic rings. The maximum absolute atomic E-state index is 11.6. The Labute approximate surface area is 121 Å². The number of hydrogen-bond donors (Lipinski definition) is 2. The summed E-state index contributed by atoms with van der Waals surface area (Å²) in [6.45, 7) is 0.677. The lowest BCUT2D eigenvalue weighted by molar-refractivity contribution is -0.128. The van der Waals surface area contributed by atoms with E-state index in [0.717, 1.165) is 10.2 Å². The average molecular weight is 328 g/mol. The lowest BCUT2D eigenvalue weighted by atomic mass is 10.3. The zero-order valence-corrected chi connectivity index (χ0v) is 12.7. The van der Waals surface area contributed by atoms with Crippen molar-refractivity contribution < 1.29 is 9.59 Å². The molecule has 0 saturated heterocycles. The largest absolute Gasteiger partial charge is 0.349 e. The first-order chi connectivity index (χ1) is 8.99. The SMILES string of the molecule is CN(C)C(=O)CCNCC(=O)Nc1cccc(Br)c1. The molecular weight excluding hydrogens is 310 g/mol. The van der Waals surface area contributed by atoms with Crippen LogP contribution in [0.5, 0.6) is 0 Å². The van der Waals surface area contributed by atoms with E-state index in [9.17, 15) is 9.59 Å². The molecule has 5 nitrogen and oxygen atoms in total. The molecule has 0 aromatic heterocycles. The number of halogens is 1. The number of rotatable bonds is 6. The molecule has 0 saturated carbocycles. The molecule has 104 valence electrons. The van der Waals surface area contributed by atoms with Crippen molar-refractivity contribution in [2.75, 3.05) is 32.5 Å². The summed E-state index contributed by atoms with van der Waals surface area (Å²) in [6, 6.07) is 7.38. The molecule has 0 unspecified atom stereocenters. The van der Waals surface area contributed by atoms with Crippen LogP contribution in [-0.2, 0) is 9.59 Å². The minimum atomic E-state index is -0.129. The van der Waals surface area contributed by atoms with Gasteiger partial charge in [-0.1, -0.05) is 22.0 Å². The van der Waals surface area contributed by atoms with E-state index >= 15 is 0 Å². The average Bonchev–Trinajstić information content (AvgIpc) is 2.34. The minimum absolute atomic E-state index is 0.0416. The smallest absolute Gasteiger partial charge is 0.238 e. The normalized spacial score (nSPS) is 10.1. The predicted octanol–water partition coefficient (Wildman–Crippen LogP) is 1.46. The topological polar surface area (TPSA) is 61.4 Å². The van der Waals surface area contributed by atoms with Crippen molar-refractivity contribution in [2.45, 2.75) is 6.42 Å². The van der Waals surface area contributed by atoms with Crippen LogP contribution in [0.25, 0.3) is 0 Å². The van der Waals surface area contributed by atoms with E-state index in [1.165, 1.54) is 4.90 Å². The van der Waals surface area contributed by atoms with Crippen LogP contribution in [0.15, 0.2) is 28.7 Å². The number of amides is 2. The molecule has 0 aliphatic carbocycles. The summed E-state index contributed by atoms with van der Waals surface area (Å²) in [4.78, 5) is 24.4. The first kappa shape index (κ1) is 15.7. The van der Waals surface area contributed by atoms with E-state index in [1.54, 1.807) is 14.1 Å². The van der Waals surface area contributed by atoms with Gasteiger partial charge in [-0.2, -0.15) is 0 Å². The number of benzene rings is 1. The van der Waals surface area contributed by atoms with Crippen molar-refractivity contribution in [1.82, 2.24) is 10.2 Å². The number of anilines is 1. The van der Waals surface area contributed by atoms with Gasteiger partial charge in [0.05, 0.1) is 6.54 Å². The van der Waals surface area contributed by atoms with E-state index < -0.39 is 0 Å². The Morgan fingerprint density at radius 1 is 1.32 bits per heavy atom. The molecule has 0 bridgehead atoms. The van der Waals surface area contributed by atoms with Crippen LogP contribution in [0.1, 0.15) is 6.42 Å². The third-order valence-electron chi connectivity index (χ3n) is 2.41. The summed E-state index contributed by atoms with van der Waals surface area (Å²) in [7, 11) is 3.42. The van der Waals surface area contributed by atoms with E-state index in [2.05, 4.69) is 26.6 Å². The fourth-order valence-corrected chi connectivity index (χ4v) is 1.79. The maximum Gasteiger partial charge on any atom is 0.238 e. The van der Waals surface area contributed by atoms with Gasteiger partial charge in [0.2, 0.25) is 11.8 Å². The van der Waals surface area contributed by atoms with Gasteiger partial charge in [-0.3, -0.25) is 9.59 Å². The molecule has 6 heteroatoms. The third kappa shape index (κ3) is 6.35. The summed E-state index contributed by atoms with van der Waals surface area (Å²) in [5, 5.41) is 5.70. The van der Waals surface area contributed by atoms with Crippen LogP contribution >= 0.6 is 15.9 Å². The van der Waals surface area contributed by atoms with Crippen LogP contribution in [0.2, 0.25) is 0 Å². The molecule has 0 radical (unpaired) electrons. The summed E-state index contributed by atoms with van der Waals surface area (Å²) in [6.07, 6.45) is 0.386.